The fraction of sp³-hybridized carbons (Fsp3) is 0.200. The summed E-state index contributed by atoms with van der Waals surface area (Å²) >= 11 is 9.60. The first-order valence-electron chi connectivity index (χ1n) is 5.88. The van der Waals surface area contributed by atoms with Crippen LogP contribution in [0.1, 0.15) is 16.0 Å². The van der Waals surface area contributed by atoms with E-state index in [0.717, 1.165) is 5.56 Å². The summed E-state index contributed by atoms with van der Waals surface area (Å²) < 4.78 is 24.4. The molecule has 5 heteroatoms. The van der Waals surface area contributed by atoms with Gasteiger partial charge in [-0.3, -0.25) is 0 Å². The van der Waals surface area contributed by atoms with Gasteiger partial charge in [-0.25, -0.2) is 4.39 Å². The molecule has 1 unspecified atom stereocenters. The lowest BCUT2D eigenvalue weighted by Crippen LogP contribution is -2.01. The van der Waals surface area contributed by atoms with E-state index >= 15 is 0 Å². The number of ether oxygens (including phenoxy) is 2. The Morgan fingerprint density at radius 3 is 2.40 bits per heavy atom. The Kier molecular flexibility index (Phi) is 4.89. The molecule has 0 amide bonds. The molecule has 0 aliphatic heterocycles. The highest BCUT2D eigenvalue weighted by atomic mass is 79.9. The first-order valence-corrected chi connectivity index (χ1v) is 7.17. The summed E-state index contributed by atoms with van der Waals surface area (Å²) in [6.45, 7) is 0. The molecule has 2 rings (SSSR count). The maximum atomic E-state index is 14.1. The van der Waals surface area contributed by atoms with Crippen LogP contribution >= 0.6 is 27.5 Å². The van der Waals surface area contributed by atoms with Crippen molar-refractivity contribution in [3.05, 3.63) is 58.4 Å². The Bertz CT molecular complexity index is 619. The summed E-state index contributed by atoms with van der Waals surface area (Å²) in [7, 11) is 3.06. The molecule has 0 fully saturated rings. The van der Waals surface area contributed by atoms with Crippen molar-refractivity contribution in [1.29, 1.82) is 0 Å². The minimum absolute atomic E-state index is 0.335. The second-order valence-electron chi connectivity index (χ2n) is 4.11. The van der Waals surface area contributed by atoms with Gasteiger partial charge in [-0.05, 0) is 29.8 Å². The second-order valence-corrected chi connectivity index (χ2v) is 5.44. The molecule has 0 bridgehead atoms. The molecule has 2 aromatic rings. The van der Waals surface area contributed by atoms with Crippen LogP contribution in [0, 0.1) is 5.82 Å². The molecule has 0 aliphatic carbocycles. The van der Waals surface area contributed by atoms with Crippen LogP contribution in [0.2, 0.25) is 5.02 Å². The van der Waals surface area contributed by atoms with Gasteiger partial charge in [-0.1, -0.05) is 39.7 Å². The highest BCUT2D eigenvalue weighted by Gasteiger charge is 2.20. The van der Waals surface area contributed by atoms with E-state index in [4.69, 9.17) is 21.1 Å². The molecule has 0 saturated carbocycles. The van der Waals surface area contributed by atoms with Gasteiger partial charge in [0.2, 0.25) is 0 Å². The summed E-state index contributed by atoms with van der Waals surface area (Å²) in [6, 6.07) is 10.0. The van der Waals surface area contributed by atoms with Crippen molar-refractivity contribution in [3.8, 4) is 11.5 Å². The molecular weight excluding hydrogens is 347 g/mol. The number of methoxy groups -OCH3 is 2. The Morgan fingerprint density at radius 1 is 1.10 bits per heavy atom. The minimum Gasteiger partial charge on any atom is -0.496 e. The first-order chi connectivity index (χ1) is 9.58. The maximum Gasteiger partial charge on any atom is 0.137 e. The van der Waals surface area contributed by atoms with E-state index < -0.39 is 0 Å². The monoisotopic (exact) mass is 358 g/mol. The molecule has 20 heavy (non-hydrogen) atoms. The quantitative estimate of drug-likeness (QED) is 0.717. The lowest BCUT2D eigenvalue weighted by atomic mass is 10.0. The fourth-order valence-corrected chi connectivity index (χ4v) is 2.94. The van der Waals surface area contributed by atoms with Gasteiger partial charge in [0, 0.05) is 5.56 Å². The molecular formula is C15H13BrClFO2. The highest BCUT2D eigenvalue weighted by Crippen LogP contribution is 2.40. The van der Waals surface area contributed by atoms with Gasteiger partial charge in [-0.2, -0.15) is 0 Å². The van der Waals surface area contributed by atoms with Crippen LogP contribution in [-0.2, 0) is 0 Å². The Morgan fingerprint density at radius 2 is 1.80 bits per heavy atom. The van der Waals surface area contributed by atoms with E-state index in [2.05, 4.69) is 15.9 Å². The van der Waals surface area contributed by atoms with Crippen LogP contribution in [-0.4, -0.2) is 14.2 Å². The van der Waals surface area contributed by atoms with Crippen LogP contribution in [0.3, 0.4) is 0 Å². The highest BCUT2D eigenvalue weighted by molar-refractivity contribution is 9.09. The molecule has 1 atom stereocenters. The van der Waals surface area contributed by atoms with Crippen molar-refractivity contribution in [2.75, 3.05) is 14.2 Å². The Hall–Kier alpha value is -1.26. The number of rotatable bonds is 4. The average molecular weight is 360 g/mol. The van der Waals surface area contributed by atoms with Gasteiger partial charge in [0.25, 0.3) is 0 Å². The number of hydrogen-bond acceptors (Lipinski definition) is 2. The van der Waals surface area contributed by atoms with Gasteiger partial charge < -0.3 is 9.47 Å². The van der Waals surface area contributed by atoms with Crippen LogP contribution in [0.25, 0.3) is 0 Å². The van der Waals surface area contributed by atoms with Crippen LogP contribution < -0.4 is 9.47 Å². The lowest BCUT2D eigenvalue weighted by molar-refractivity contribution is 0.405. The van der Waals surface area contributed by atoms with E-state index in [0.29, 0.717) is 22.1 Å². The number of alkyl halides is 1. The van der Waals surface area contributed by atoms with Crippen LogP contribution in [0.4, 0.5) is 4.39 Å². The van der Waals surface area contributed by atoms with Crippen LogP contribution in [0.5, 0.6) is 11.5 Å². The zero-order valence-corrected chi connectivity index (χ0v) is 13.3. The molecule has 0 saturated heterocycles. The van der Waals surface area contributed by atoms with Crippen molar-refractivity contribution in [1.82, 2.24) is 0 Å². The van der Waals surface area contributed by atoms with Crippen molar-refractivity contribution < 1.29 is 13.9 Å². The molecule has 0 aliphatic rings. The maximum absolute atomic E-state index is 14.1. The molecule has 0 spiro atoms. The van der Waals surface area contributed by atoms with E-state index in [-0.39, 0.29) is 10.6 Å². The van der Waals surface area contributed by atoms with E-state index in [1.54, 1.807) is 31.4 Å². The molecule has 0 radical (unpaired) electrons. The minimum atomic E-state index is -0.359. The summed E-state index contributed by atoms with van der Waals surface area (Å²) in [5, 5.41) is 0.477. The molecule has 0 N–H and O–H groups in total. The predicted molar refractivity (Wildman–Crippen MR) is 81.7 cm³/mol. The number of benzene rings is 2. The van der Waals surface area contributed by atoms with Crippen molar-refractivity contribution in [2.45, 2.75) is 4.83 Å². The predicted octanol–water partition coefficient (Wildman–Crippen LogP) is 4.98. The summed E-state index contributed by atoms with van der Waals surface area (Å²) in [5.41, 5.74) is 1.26. The third-order valence-corrected chi connectivity index (χ3v) is 4.24. The van der Waals surface area contributed by atoms with Gasteiger partial charge in [0.15, 0.2) is 0 Å². The van der Waals surface area contributed by atoms with E-state index in [9.17, 15) is 4.39 Å². The van der Waals surface area contributed by atoms with Gasteiger partial charge in [-0.15, -0.1) is 0 Å². The summed E-state index contributed by atoms with van der Waals surface area (Å²) in [5.74, 6) is 0.729. The lowest BCUT2D eigenvalue weighted by Gasteiger charge is -2.16. The fourth-order valence-electron chi connectivity index (χ4n) is 1.95. The largest absolute Gasteiger partial charge is 0.496 e. The third kappa shape index (κ3) is 2.91. The van der Waals surface area contributed by atoms with E-state index in [1.165, 1.54) is 13.2 Å². The van der Waals surface area contributed by atoms with Gasteiger partial charge in [0.1, 0.15) is 17.3 Å². The molecule has 2 aromatic carbocycles. The SMILES string of the molecule is COc1ccc(C(Br)c2c(F)cccc2OC)cc1Cl. The smallest absolute Gasteiger partial charge is 0.137 e. The average Bonchev–Trinajstić information content (AvgIpc) is 2.46. The first kappa shape index (κ1) is 15.1. The molecule has 106 valence electrons. The van der Waals surface area contributed by atoms with E-state index in [1.807, 2.05) is 6.07 Å². The van der Waals surface area contributed by atoms with Crippen LogP contribution in [0.15, 0.2) is 36.4 Å². The zero-order chi connectivity index (χ0) is 14.7. The van der Waals surface area contributed by atoms with Gasteiger partial charge in [0.05, 0.1) is 24.1 Å². The molecule has 2 nitrogen and oxygen atoms in total. The van der Waals surface area contributed by atoms with Crippen molar-refractivity contribution in [3.63, 3.8) is 0 Å². The Labute approximate surface area is 130 Å². The van der Waals surface area contributed by atoms with Crippen molar-refractivity contribution in [2.24, 2.45) is 0 Å². The number of hydrogen-bond donors (Lipinski definition) is 0. The summed E-state index contributed by atoms with van der Waals surface area (Å²) in [6.07, 6.45) is 0. The third-order valence-electron chi connectivity index (χ3n) is 2.95. The standard InChI is InChI=1S/C15H13BrClFO2/c1-19-12-7-6-9(8-10(12)17)15(16)14-11(18)4-3-5-13(14)20-2/h3-8,15H,1-2H3. The topological polar surface area (TPSA) is 18.5 Å². The Balaban J connectivity index is 2.46. The summed E-state index contributed by atoms with van der Waals surface area (Å²) in [4.78, 5) is -0.359. The van der Waals surface area contributed by atoms with Gasteiger partial charge >= 0.3 is 0 Å². The normalized spacial score (nSPS) is 12.1. The van der Waals surface area contributed by atoms with Crippen molar-refractivity contribution >= 4 is 27.5 Å². The molecule has 0 aromatic heterocycles. The second kappa shape index (κ2) is 6.46. The molecule has 0 heterocycles. The zero-order valence-electron chi connectivity index (χ0n) is 11.0. The number of halogens is 3.